The van der Waals surface area contributed by atoms with Crippen LogP contribution in [0.5, 0.6) is 0 Å². The third-order valence-corrected chi connectivity index (χ3v) is 6.26. The van der Waals surface area contributed by atoms with Gasteiger partial charge < -0.3 is 17.0 Å². The fraction of sp³-hybridized carbons (Fsp3) is 0.200. The van der Waals surface area contributed by atoms with Gasteiger partial charge in [-0.1, -0.05) is 60.7 Å². The van der Waals surface area contributed by atoms with Crippen molar-refractivity contribution in [1.29, 1.82) is 0 Å². The molecule has 0 N–H and O–H groups in total. The van der Waals surface area contributed by atoms with Gasteiger partial charge in [0, 0.05) is 0 Å². The van der Waals surface area contributed by atoms with Gasteiger partial charge in [-0.15, -0.1) is 0 Å². The van der Waals surface area contributed by atoms with Gasteiger partial charge in [0.25, 0.3) is 0 Å². The van der Waals surface area contributed by atoms with Crippen molar-refractivity contribution in [2.45, 2.75) is 12.3 Å². The van der Waals surface area contributed by atoms with E-state index in [0.29, 0.717) is 0 Å². The van der Waals surface area contributed by atoms with Crippen molar-refractivity contribution in [3.63, 3.8) is 0 Å². The van der Waals surface area contributed by atoms with E-state index in [-0.39, 0.29) is 17.0 Å². The summed E-state index contributed by atoms with van der Waals surface area (Å²) < 4.78 is 0. The lowest BCUT2D eigenvalue weighted by Gasteiger charge is -2.15. The summed E-state index contributed by atoms with van der Waals surface area (Å²) in [6, 6.07) is 21.5. The van der Waals surface area contributed by atoms with Gasteiger partial charge in [-0.2, -0.15) is 0 Å². The third kappa shape index (κ3) is 5.22. The van der Waals surface area contributed by atoms with Gasteiger partial charge in [-0.25, -0.2) is 0 Å². The van der Waals surface area contributed by atoms with Crippen molar-refractivity contribution in [2.24, 2.45) is 0 Å². The summed E-state index contributed by atoms with van der Waals surface area (Å²) in [7, 11) is 0. The predicted octanol–water partition coefficient (Wildman–Crippen LogP) is 2.35. The maximum atomic E-state index is 3.97. The van der Waals surface area contributed by atoms with Crippen LogP contribution >= 0.6 is 21.5 Å². The second-order valence-corrected chi connectivity index (χ2v) is 12.8. The highest BCUT2D eigenvalue weighted by molar-refractivity contribution is 9.42. The van der Waals surface area contributed by atoms with Crippen molar-refractivity contribution in [3.8, 4) is 0 Å². The fourth-order valence-electron chi connectivity index (χ4n) is 1.98. The van der Waals surface area contributed by atoms with E-state index >= 15 is 0 Å². The van der Waals surface area contributed by atoms with Crippen molar-refractivity contribution < 1.29 is 17.0 Å². The van der Waals surface area contributed by atoms with Crippen LogP contribution in [0.25, 0.3) is 0 Å². The average Bonchev–Trinajstić information content (AvgIpc) is 2.30. The van der Waals surface area contributed by atoms with E-state index < -0.39 is 5.96 Å². The molecule has 0 bridgehead atoms. The van der Waals surface area contributed by atoms with Crippen LogP contribution in [0.3, 0.4) is 0 Å². The molecule has 0 amide bonds. The first kappa shape index (κ1) is 15.9. The summed E-state index contributed by atoms with van der Waals surface area (Å²) in [5.41, 5.74) is 2.85. The number of rotatable bonds is 4. The molecule has 96 valence electrons. The van der Waals surface area contributed by atoms with Gasteiger partial charge in [0.2, 0.25) is 0 Å². The summed E-state index contributed by atoms with van der Waals surface area (Å²) >= 11 is 3.97. The molecule has 0 aromatic heterocycles. The largest absolute Gasteiger partial charge is 1.00 e. The van der Waals surface area contributed by atoms with Crippen molar-refractivity contribution in [3.05, 3.63) is 71.8 Å². The SMILES string of the molecule is C[P+](Br)(Cc1ccccc1)Cc1ccccc1.[Br-]. The third-order valence-electron chi connectivity index (χ3n) is 2.71. The Hall–Kier alpha value is -0.170. The number of halogens is 2. The highest BCUT2D eigenvalue weighted by Crippen LogP contribution is 2.67. The summed E-state index contributed by atoms with van der Waals surface area (Å²) in [4.78, 5) is 0. The van der Waals surface area contributed by atoms with E-state index in [0.717, 1.165) is 12.3 Å². The zero-order valence-corrected chi connectivity index (χ0v) is 14.5. The topological polar surface area (TPSA) is 0 Å². The van der Waals surface area contributed by atoms with Crippen LogP contribution in [-0.4, -0.2) is 6.66 Å². The first-order valence-corrected chi connectivity index (χ1v) is 10.4. The Kier molecular flexibility index (Phi) is 6.55. The maximum absolute atomic E-state index is 3.97. The van der Waals surface area contributed by atoms with E-state index in [9.17, 15) is 0 Å². The molecular formula is C15H17Br2P. The quantitative estimate of drug-likeness (QED) is 0.706. The monoisotopic (exact) mass is 386 g/mol. The van der Waals surface area contributed by atoms with Gasteiger partial charge in [0.15, 0.2) is 0 Å². The zero-order chi connectivity index (χ0) is 12.1. The van der Waals surface area contributed by atoms with Crippen molar-refractivity contribution in [1.82, 2.24) is 0 Å². The second-order valence-electron chi connectivity index (χ2n) is 4.55. The molecule has 18 heavy (non-hydrogen) atoms. The van der Waals surface area contributed by atoms with Gasteiger partial charge in [0.1, 0.15) is 15.5 Å². The molecule has 0 atom stereocenters. The molecule has 0 spiro atoms. The van der Waals surface area contributed by atoms with E-state index in [1.807, 2.05) is 0 Å². The fourth-order valence-corrected chi connectivity index (χ4v) is 5.78. The van der Waals surface area contributed by atoms with E-state index in [4.69, 9.17) is 0 Å². The molecule has 0 saturated carbocycles. The lowest BCUT2D eigenvalue weighted by molar-refractivity contribution is -0.00000348. The summed E-state index contributed by atoms with van der Waals surface area (Å²) in [6.45, 7) is 2.37. The second kappa shape index (κ2) is 7.43. The smallest absolute Gasteiger partial charge is 0.139 e. The van der Waals surface area contributed by atoms with Crippen LogP contribution in [0.1, 0.15) is 11.1 Å². The minimum Gasteiger partial charge on any atom is -1.00 e. The minimum atomic E-state index is -1.07. The van der Waals surface area contributed by atoms with E-state index in [1.165, 1.54) is 11.1 Å². The maximum Gasteiger partial charge on any atom is 0.139 e. The molecule has 0 fully saturated rings. The Bertz CT molecular complexity index is 411. The van der Waals surface area contributed by atoms with E-state index in [2.05, 4.69) is 82.8 Å². The van der Waals surface area contributed by atoms with Gasteiger partial charge in [0.05, 0.1) is 25.0 Å². The molecule has 2 aromatic rings. The summed E-state index contributed by atoms with van der Waals surface area (Å²) in [5, 5.41) is 0. The molecular weight excluding hydrogens is 371 g/mol. The summed E-state index contributed by atoms with van der Waals surface area (Å²) in [6.07, 6.45) is 2.31. The van der Waals surface area contributed by atoms with Crippen LogP contribution < -0.4 is 17.0 Å². The lowest BCUT2D eigenvalue weighted by Crippen LogP contribution is -3.00. The van der Waals surface area contributed by atoms with Gasteiger partial charge >= 0.3 is 0 Å². The summed E-state index contributed by atoms with van der Waals surface area (Å²) in [5.74, 6) is -1.07. The molecule has 2 rings (SSSR count). The van der Waals surface area contributed by atoms with Crippen LogP contribution in [-0.2, 0) is 12.3 Å². The molecule has 3 heteroatoms. The Morgan fingerprint density at radius 3 is 1.44 bits per heavy atom. The predicted molar refractivity (Wildman–Crippen MR) is 82.1 cm³/mol. The Labute approximate surface area is 129 Å². The molecule has 0 radical (unpaired) electrons. The average molecular weight is 388 g/mol. The molecule has 2 aromatic carbocycles. The molecule has 0 nitrogen and oxygen atoms in total. The molecule has 0 unspecified atom stereocenters. The standard InChI is InChI=1S/C15H17BrP.BrH/c1-17(16,12-14-8-4-2-5-9-14)13-15-10-6-3-7-11-15;/h2-11H,12-13H2,1H3;1H/q+1;/p-1. The Morgan fingerprint density at radius 1 is 0.778 bits per heavy atom. The van der Waals surface area contributed by atoms with Gasteiger partial charge in [-0.3, -0.25) is 0 Å². The molecule has 0 aliphatic heterocycles. The molecule has 0 aliphatic carbocycles. The van der Waals surface area contributed by atoms with Crippen LogP contribution in [0.15, 0.2) is 60.7 Å². The molecule has 0 saturated heterocycles. The van der Waals surface area contributed by atoms with Crippen LogP contribution in [0.4, 0.5) is 0 Å². The van der Waals surface area contributed by atoms with E-state index in [1.54, 1.807) is 0 Å². The number of hydrogen-bond acceptors (Lipinski definition) is 0. The van der Waals surface area contributed by atoms with Crippen LogP contribution in [0, 0.1) is 0 Å². The van der Waals surface area contributed by atoms with Crippen molar-refractivity contribution in [2.75, 3.05) is 6.66 Å². The molecule has 0 aliphatic rings. The highest BCUT2D eigenvalue weighted by Gasteiger charge is 2.29. The lowest BCUT2D eigenvalue weighted by atomic mass is 10.2. The highest BCUT2D eigenvalue weighted by atomic mass is 79.9. The van der Waals surface area contributed by atoms with Crippen LogP contribution in [0.2, 0.25) is 0 Å². The minimum absolute atomic E-state index is 0. The van der Waals surface area contributed by atoms with Crippen molar-refractivity contribution >= 4 is 21.5 Å². The zero-order valence-electron chi connectivity index (χ0n) is 10.4. The first-order valence-electron chi connectivity index (χ1n) is 5.78. The van der Waals surface area contributed by atoms with Gasteiger partial charge in [-0.05, 0) is 11.1 Å². The number of benzene rings is 2. The Morgan fingerprint density at radius 2 is 1.11 bits per heavy atom. The molecule has 0 heterocycles. The normalized spacial score (nSPS) is 10.8. The number of hydrogen-bond donors (Lipinski definition) is 0. The Balaban J connectivity index is 0.00000162. The first-order chi connectivity index (χ1) is 8.16.